The molecule has 1 unspecified atom stereocenters. The Bertz CT molecular complexity index is 1600. The number of hydrogen-bond acceptors (Lipinski definition) is 8. The molecule has 0 spiro atoms. The fourth-order valence-corrected chi connectivity index (χ4v) is 8.55. The van der Waals surface area contributed by atoms with Gasteiger partial charge in [-0.1, -0.05) is 6.07 Å². The molecule has 12 nitrogen and oxygen atoms in total. The van der Waals surface area contributed by atoms with Gasteiger partial charge in [-0.05, 0) is 68.0 Å². The Kier molecular flexibility index (Phi) is 8.99. The van der Waals surface area contributed by atoms with E-state index in [4.69, 9.17) is 5.73 Å². The third kappa shape index (κ3) is 6.51. The van der Waals surface area contributed by atoms with Gasteiger partial charge in [0.15, 0.2) is 5.82 Å². The molecule has 4 aliphatic heterocycles. The molecule has 3 N–H and O–H groups in total. The molecule has 13 heteroatoms. The van der Waals surface area contributed by atoms with Crippen LogP contribution in [0.4, 0.5) is 22.0 Å². The second kappa shape index (κ2) is 13.3. The van der Waals surface area contributed by atoms with Gasteiger partial charge in [-0.25, -0.2) is 13.3 Å². The fraction of sp³-hybridized carbons (Fsp3) is 0.545. The summed E-state index contributed by atoms with van der Waals surface area (Å²) in [5.74, 6) is 1.03. The van der Waals surface area contributed by atoms with Gasteiger partial charge in [-0.3, -0.25) is 24.6 Å². The van der Waals surface area contributed by atoms with E-state index in [1.54, 1.807) is 4.90 Å². The van der Waals surface area contributed by atoms with Gasteiger partial charge in [0, 0.05) is 102 Å². The van der Waals surface area contributed by atoms with Crippen LogP contribution in [0.25, 0.3) is 10.9 Å². The molecular weight excluding hydrogens is 602 g/mol. The number of anilines is 3. The van der Waals surface area contributed by atoms with Gasteiger partial charge < -0.3 is 15.5 Å². The largest absolute Gasteiger partial charge is 0.371 e. The van der Waals surface area contributed by atoms with Crippen LogP contribution in [0.3, 0.4) is 0 Å². The maximum atomic E-state index is 13.2. The number of aromatic nitrogens is 2. The molecule has 1 atom stereocenters. The van der Waals surface area contributed by atoms with Gasteiger partial charge in [-0.2, -0.15) is 5.10 Å². The Balaban J connectivity index is 0.903. The Morgan fingerprint density at radius 1 is 0.870 bits per heavy atom. The summed E-state index contributed by atoms with van der Waals surface area (Å²) in [6.45, 7) is 9.13. The summed E-state index contributed by atoms with van der Waals surface area (Å²) < 4.78 is 17.1. The number of fused-ring (bicyclic) bond motifs is 1. The van der Waals surface area contributed by atoms with E-state index >= 15 is 0 Å². The van der Waals surface area contributed by atoms with Gasteiger partial charge in [-0.15, -0.1) is 0 Å². The quantitative estimate of drug-likeness (QED) is 0.401. The third-order valence-electron chi connectivity index (χ3n) is 10.1. The third-order valence-corrected chi connectivity index (χ3v) is 11.6. The lowest BCUT2D eigenvalue weighted by atomic mass is 9.95. The van der Waals surface area contributed by atoms with E-state index in [9.17, 15) is 13.8 Å². The molecule has 0 radical (unpaired) electrons. The molecule has 0 aliphatic carbocycles. The van der Waals surface area contributed by atoms with Crippen LogP contribution in [0.2, 0.25) is 0 Å². The van der Waals surface area contributed by atoms with Crippen LogP contribution < -0.4 is 25.8 Å². The summed E-state index contributed by atoms with van der Waals surface area (Å²) in [5.41, 5.74) is 9.37. The molecule has 4 aliphatic rings. The lowest BCUT2D eigenvalue weighted by Crippen LogP contribution is -2.49. The summed E-state index contributed by atoms with van der Waals surface area (Å²) in [6, 6.07) is 14.5. The molecule has 0 bridgehead atoms. The highest BCUT2D eigenvalue weighted by molar-refractivity contribution is 7.82. The van der Waals surface area contributed by atoms with E-state index in [2.05, 4.69) is 53.7 Å². The van der Waals surface area contributed by atoms with Crippen molar-refractivity contribution in [2.75, 3.05) is 80.1 Å². The Morgan fingerprint density at radius 2 is 1.59 bits per heavy atom. The zero-order chi connectivity index (χ0) is 31.8. The lowest BCUT2D eigenvalue weighted by Gasteiger charge is -2.40. The summed E-state index contributed by atoms with van der Waals surface area (Å²) in [5, 5.41) is 7.94. The zero-order valence-corrected chi connectivity index (χ0v) is 27.5. The van der Waals surface area contributed by atoms with Crippen molar-refractivity contribution in [3.05, 3.63) is 42.5 Å². The Labute approximate surface area is 273 Å². The molecule has 3 aromatic rings. The minimum atomic E-state index is -1.13. The molecule has 4 fully saturated rings. The normalized spacial score (nSPS) is 22.1. The van der Waals surface area contributed by atoms with Gasteiger partial charge >= 0.3 is 6.03 Å². The topological polar surface area (TPSA) is 123 Å². The predicted octanol–water partition coefficient (Wildman–Crippen LogP) is 2.50. The maximum Gasteiger partial charge on any atom is 0.329 e. The van der Waals surface area contributed by atoms with Crippen molar-refractivity contribution in [3.8, 4) is 0 Å². The molecule has 2 aromatic carbocycles. The van der Waals surface area contributed by atoms with Crippen molar-refractivity contribution in [3.63, 3.8) is 0 Å². The maximum absolute atomic E-state index is 13.2. The lowest BCUT2D eigenvalue weighted by molar-refractivity contribution is -0.120. The number of hydrogen-bond donors (Lipinski definition) is 2. The van der Waals surface area contributed by atoms with Crippen LogP contribution in [0.1, 0.15) is 32.1 Å². The minimum absolute atomic E-state index is 0.231. The van der Waals surface area contributed by atoms with Crippen molar-refractivity contribution in [1.82, 2.24) is 24.3 Å². The standard InChI is InChI=1S/C33H45N9O3S/c1-37-30-22-27(5-6-29(30)32(36-37)42-16-11-31(43)35-33(42)44)40-19-17-38(18-20-40)23-24-7-12-39(13-8-24)26-3-2-4-28(21-26)46(45)41-14-9-25(34)10-15-41/h2-6,21-22,24-25H,7-20,23,34H2,1H3,(H,35,43,44). The molecule has 7 rings (SSSR count). The average molecular weight is 648 g/mol. The number of carbonyl (C=O) groups is 2. The summed E-state index contributed by atoms with van der Waals surface area (Å²) in [7, 11) is 0.769. The number of imide groups is 1. The number of urea groups is 1. The molecule has 3 amide bonds. The number of benzene rings is 2. The van der Waals surface area contributed by atoms with E-state index in [1.165, 1.54) is 24.2 Å². The Hall–Kier alpha value is -3.52. The number of piperazine rings is 1. The molecule has 0 saturated carbocycles. The number of aryl methyl sites for hydroxylation is 1. The van der Waals surface area contributed by atoms with Crippen molar-refractivity contribution < 1.29 is 13.8 Å². The van der Waals surface area contributed by atoms with Crippen LogP contribution in [0.5, 0.6) is 0 Å². The fourth-order valence-electron chi connectivity index (χ4n) is 7.30. The summed E-state index contributed by atoms with van der Waals surface area (Å²) in [4.78, 5) is 34.0. The van der Waals surface area contributed by atoms with Crippen LogP contribution >= 0.6 is 0 Å². The molecule has 46 heavy (non-hydrogen) atoms. The number of rotatable bonds is 7. The molecule has 246 valence electrons. The zero-order valence-electron chi connectivity index (χ0n) is 26.6. The monoisotopic (exact) mass is 647 g/mol. The first kappa shape index (κ1) is 31.1. The van der Waals surface area contributed by atoms with Crippen LogP contribution in [-0.4, -0.2) is 107 Å². The smallest absolute Gasteiger partial charge is 0.329 e. The first-order valence-corrected chi connectivity index (χ1v) is 17.8. The van der Waals surface area contributed by atoms with E-state index < -0.39 is 17.0 Å². The second-order valence-corrected chi connectivity index (χ2v) is 14.6. The van der Waals surface area contributed by atoms with E-state index in [0.717, 1.165) is 87.5 Å². The van der Waals surface area contributed by atoms with E-state index in [1.807, 2.05) is 29.9 Å². The number of amides is 3. The first-order valence-electron chi connectivity index (χ1n) is 16.7. The molecule has 5 heterocycles. The van der Waals surface area contributed by atoms with Crippen LogP contribution in [0.15, 0.2) is 47.4 Å². The molecule has 4 saturated heterocycles. The highest BCUT2D eigenvalue weighted by atomic mass is 32.2. The SMILES string of the molecule is Cn1nc(N2CCC(=O)NC2=O)c2ccc(N3CCN(CC4CCN(c5cccc(S(=O)N6CCC(N)CC6)c5)CC4)CC3)cc21. The number of piperidine rings is 2. The van der Waals surface area contributed by atoms with Gasteiger partial charge in [0.05, 0.1) is 10.4 Å². The Morgan fingerprint density at radius 3 is 2.33 bits per heavy atom. The van der Waals surface area contributed by atoms with Crippen LogP contribution in [0, 0.1) is 5.92 Å². The molecular formula is C33H45N9O3S. The van der Waals surface area contributed by atoms with E-state index in [0.29, 0.717) is 18.3 Å². The van der Waals surface area contributed by atoms with Crippen molar-refractivity contribution in [2.45, 2.75) is 43.0 Å². The number of nitrogens with zero attached hydrogens (tertiary/aromatic N) is 7. The highest BCUT2D eigenvalue weighted by Gasteiger charge is 2.29. The number of nitrogens with two attached hydrogens (primary N) is 1. The van der Waals surface area contributed by atoms with Crippen molar-refractivity contribution in [1.29, 1.82) is 0 Å². The first-order chi connectivity index (χ1) is 22.3. The molecule has 1 aromatic heterocycles. The number of nitrogens with one attached hydrogen (secondary N) is 1. The van der Waals surface area contributed by atoms with Crippen molar-refractivity contribution in [2.24, 2.45) is 18.7 Å². The summed E-state index contributed by atoms with van der Waals surface area (Å²) >= 11 is 0. The number of carbonyl (C=O) groups excluding carboxylic acids is 2. The second-order valence-electron chi connectivity index (χ2n) is 13.1. The van der Waals surface area contributed by atoms with Gasteiger partial charge in [0.25, 0.3) is 0 Å². The van der Waals surface area contributed by atoms with Gasteiger partial charge in [0.1, 0.15) is 11.0 Å². The predicted molar refractivity (Wildman–Crippen MR) is 181 cm³/mol. The highest BCUT2D eigenvalue weighted by Crippen LogP contribution is 2.31. The van der Waals surface area contributed by atoms with Gasteiger partial charge in [0.2, 0.25) is 5.91 Å². The summed E-state index contributed by atoms with van der Waals surface area (Å²) in [6.07, 6.45) is 4.42. The van der Waals surface area contributed by atoms with E-state index in [-0.39, 0.29) is 18.4 Å². The minimum Gasteiger partial charge on any atom is -0.371 e. The van der Waals surface area contributed by atoms with Crippen LogP contribution in [-0.2, 0) is 22.8 Å². The average Bonchev–Trinajstić information content (AvgIpc) is 3.40. The van der Waals surface area contributed by atoms with Crippen molar-refractivity contribution >= 4 is 51.0 Å².